The number of Topliss-reactive ketones (excluding diaryl/α,β-unsaturated/α-hetero) is 1. The van der Waals surface area contributed by atoms with Crippen LogP contribution in [0.5, 0.6) is 11.5 Å². The van der Waals surface area contributed by atoms with E-state index in [1.807, 2.05) is 0 Å². The predicted octanol–water partition coefficient (Wildman–Crippen LogP) is 1.93. The molecule has 2 bridgehead atoms. The first kappa shape index (κ1) is 8.34. The summed E-state index contributed by atoms with van der Waals surface area (Å²) in [7, 11) is 1.41. The van der Waals surface area contributed by atoms with Crippen molar-refractivity contribution in [3.63, 3.8) is 0 Å². The third-order valence-electron chi connectivity index (χ3n) is 5.88. The van der Waals surface area contributed by atoms with Gasteiger partial charge in [0.25, 0.3) is 0 Å². The predicted molar refractivity (Wildman–Crippen MR) is 81.6 cm³/mol. The van der Waals surface area contributed by atoms with Crippen molar-refractivity contribution < 1.29 is 22.5 Å². The van der Waals surface area contributed by atoms with Gasteiger partial charge in [-0.2, -0.15) is 0 Å². The molecule has 0 N–H and O–H groups in total. The first-order valence-corrected chi connectivity index (χ1v) is 7.75. The van der Waals surface area contributed by atoms with Crippen LogP contribution in [0.15, 0.2) is 12.1 Å². The van der Waals surface area contributed by atoms with Crippen LogP contribution in [-0.4, -0.2) is 43.4 Å². The maximum Gasteiger partial charge on any atom is 0.174 e. The number of carbonyl (C=O) groups excluding carboxylic acids is 1. The Bertz CT molecular complexity index is 918. The highest BCUT2D eigenvalue weighted by Gasteiger charge is 2.65. The number of ketones is 1. The largest absolute Gasteiger partial charge is 0.493 e. The molecule has 1 unspecified atom stereocenters. The quantitative estimate of drug-likeness (QED) is 0.795. The van der Waals surface area contributed by atoms with Crippen molar-refractivity contribution in [2.45, 2.75) is 43.2 Å². The number of nitrogens with zero attached hydrogens (tertiary/aromatic N) is 1. The van der Waals surface area contributed by atoms with Gasteiger partial charge >= 0.3 is 0 Å². The van der Waals surface area contributed by atoms with E-state index in [0.717, 1.165) is 0 Å². The lowest BCUT2D eigenvalue weighted by atomic mass is 9.52. The Morgan fingerprint density at radius 1 is 1.59 bits per heavy atom. The van der Waals surface area contributed by atoms with Gasteiger partial charge in [-0.3, -0.25) is 4.79 Å². The molecular weight excluding hydrogens is 278 g/mol. The van der Waals surface area contributed by atoms with E-state index in [4.69, 9.17) is 16.3 Å². The van der Waals surface area contributed by atoms with Gasteiger partial charge in [0.15, 0.2) is 23.4 Å². The van der Waals surface area contributed by atoms with Crippen molar-refractivity contribution in [1.29, 1.82) is 0 Å². The van der Waals surface area contributed by atoms with Crippen LogP contribution in [0.4, 0.5) is 0 Å². The second kappa shape index (κ2) is 4.05. The van der Waals surface area contributed by atoms with E-state index < -0.39 is 30.4 Å². The van der Waals surface area contributed by atoms with Crippen molar-refractivity contribution in [3.05, 3.63) is 23.2 Å². The van der Waals surface area contributed by atoms with Crippen LogP contribution in [-0.2, 0) is 16.6 Å². The second-order valence-electron chi connectivity index (χ2n) is 6.63. The summed E-state index contributed by atoms with van der Waals surface area (Å²) in [6, 6.07) is -1.70. The number of piperidine rings is 1. The molecule has 116 valence electrons. The number of methoxy groups -OCH3 is 1. The molecule has 1 saturated heterocycles. The van der Waals surface area contributed by atoms with Gasteiger partial charge in [0.2, 0.25) is 0 Å². The summed E-state index contributed by atoms with van der Waals surface area (Å²) in [6.07, 6.45) is 0.247. The van der Waals surface area contributed by atoms with E-state index in [0.29, 0.717) is 29.7 Å². The highest BCUT2D eigenvalue weighted by atomic mass is 16.5. The Balaban J connectivity index is 1.85. The molecule has 22 heavy (non-hydrogen) atoms. The van der Waals surface area contributed by atoms with E-state index >= 15 is 0 Å². The SMILES string of the molecule is [2H]c1c([2H])c(OC)c2c3c1C[C@]1([2H])[C@@H]4CCC(=O)C(O2)[C@]34CCN1C([2H])([2H])[2H]. The van der Waals surface area contributed by atoms with Crippen molar-refractivity contribution in [1.82, 2.24) is 4.90 Å². The molecular formula is C18H21NO3. The van der Waals surface area contributed by atoms with Crippen molar-refractivity contribution >= 4 is 5.78 Å². The Kier molecular flexibility index (Phi) is 1.53. The van der Waals surface area contributed by atoms with Crippen LogP contribution in [0.2, 0.25) is 0 Å². The fraction of sp³-hybridized carbons (Fsp3) is 0.611. The molecule has 0 radical (unpaired) electrons. The van der Waals surface area contributed by atoms with Crippen LogP contribution in [0, 0.1) is 5.92 Å². The van der Waals surface area contributed by atoms with Gasteiger partial charge in [0, 0.05) is 28.9 Å². The maximum atomic E-state index is 12.8. The minimum Gasteiger partial charge on any atom is -0.493 e. The van der Waals surface area contributed by atoms with Gasteiger partial charge in [0.05, 0.1) is 9.85 Å². The molecule has 2 aliphatic heterocycles. The number of likely N-dealkylation sites (tertiary alicyclic amines) is 1. The first-order valence-electron chi connectivity index (χ1n) is 10.7. The first-order chi connectivity index (χ1) is 13.1. The number of rotatable bonds is 1. The monoisotopic (exact) mass is 305 g/mol. The summed E-state index contributed by atoms with van der Waals surface area (Å²) in [6.45, 7) is -2.29. The van der Waals surface area contributed by atoms with Crippen LogP contribution in [0.3, 0.4) is 0 Å². The lowest BCUT2D eigenvalue weighted by Crippen LogP contribution is -2.65. The molecule has 4 heteroatoms. The van der Waals surface area contributed by atoms with Crippen molar-refractivity contribution in [2.75, 3.05) is 20.6 Å². The topological polar surface area (TPSA) is 38.8 Å². The molecule has 4 atom stereocenters. The molecule has 1 aromatic rings. The average molecular weight is 305 g/mol. The Labute approximate surface area is 138 Å². The maximum absolute atomic E-state index is 12.8. The number of benzene rings is 1. The Hall–Kier alpha value is -1.55. The average Bonchev–Trinajstić information content (AvgIpc) is 2.93. The van der Waals surface area contributed by atoms with E-state index in [2.05, 4.69) is 0 Å². The highest BCUT2D eigenvalue weighted by molar-refractivity contribution is 5.89. The van der Waals surface area contributed by atoms with Crippen LogP contribution >= 0.6 is 0 Å². The molecule has 2 fully saturated rings. The molecule has 2 aliphatic carbocycles. The molecule has 1 saturated carbocycles. The van der Waals surface area contributed by atoms with Gasteiger partial charge in [-0.1, -0.05) is 6.04 Å². The van der Waals surface area contributed by atoms with Gasteiger partial charge in [0.1, 0.15) is 0 Å². The third kappa shape index (κ3) is 1.27. The van der Waals surface area contributed by atoms with Gasteiger partial charge in [-0.15, -0.1) is 0 Å². The van der Waals surface area contributed by atoms with Gasteiger partial charge in [-0.05, 0) is 50.3 Å². The van der Waals surface area contributed by atoms with Crippen LogP contribution in [0.25, 0.3) is 0 Å². The minimum atomic E-state index is -2.45. The van der Waals surface area contributed by atoms with Crippen LogP contribution < -0.4 is 9.47 Å². The number of ether oxygens (including phenoxy) is 2. The number of hydrogen-bond acceptors (Lipinski definition) is 4. The standard InChI is InChI=1S/C18H21NO3/c1-19-8-7-18-11-4-5-13(20)17(18)22-16-14(21-2)6-3-10(15(16)18)9-12(11)19/h3,6,11-12,17H,4-5,7-9H2,1-2H3/t11-,12+,17?,18-/m0/s1/i1D3,3D,6D,12D. The van der Waals surface area contributed by atoms with Crippen LogP contribution in [0.1, 0.15) is 38.6 Å². The molecule has 4 aliphatic rings. The van der Waals surface area contributed by atoms with E-state index in [1.54, 1.807) is 0 Å². The Morgan fingerprint density at radius 2 is 2.50 bits per heavy atom. The zero-order chi connectivity index (χ0) is 20.2. The summed E-state index contributed by atoms with van der Waals surface area (Å²) in [5.41, 5.74) is 0.345. The fourth-order valence-electron chi connectivity index (χ4n) is 5.04. The minimum absolute atomic E-state index is 0.0269. The molecule has 4 nitrogen and oxygen atoms in total. The molecule has 2 heterocycles. The number of likely N-dealkylation sites (N-methyl/N-ethyl adjacent to an activating group) is 1. The van der Waals surface area contributed by atoms with E-state index in [-0.39, 0.29) is 43.0 Å². The molecule has 0 aromatic heterocycles. The van der Waals surface area contributed by atoms with Crippen molar-refractivity contribution in [2.24, 2.45) is 5.92 Å². The zero-order valence-corrected chi connectivity index (χ0v) is 12.4. The number of carbonyl (C=O) groups is 1. The fourth-order valence-corrected chi connectivity index (χ4v) is 5.04. The smallest absolute Gasteiger partial charge is 0.174 e. The third-order valence-corrected chi connectivity index (χ3v) is 5.88. The zero-order valence-electron chi connectivity index (χ0n) is 18.4. The molecule has 5 rings (SSSR count). The lowest BCUT2D eigenvalue weighted by molar-refractivity contribution is -0.138. The van der Waals surface area contributed by atoms with Crippen molar-refractivity contribution in [3.8, 4) is 11.5 Å². The molecule has 1 spiro atoms. The highest BCUT2D eigenvalue weighted by Crippen LogP contribution is 2.62. The molecule has 0 amide bonds. The summed E-state index contributed by atoms with van der Waals surface area (Å²) < 4.78 is 61.5. The normalized spacial score (nSPS) is 46.3. The summed E-state index contributed by atoms with van der Waals surface area (Å²) in [5, 5.41) is 0. The van der Waals surface area contributed by atoms with E-state index in [9.17, 15) is 6.17 Å². The molecule has 1 aromatic carbocycles. The number of hydrogen-bond donors (Lipinski definition) is 0. The summed E-state index contributed by atoms with van der Waals surface area (Å²) in [5.74, 6) is 0.0272. The van der Waals surface area contributed by atoms with E-state index in [1.165, 1.54) is 12.0 Å². The second-order valence-corrected chi connectivity index (χ2v) is 6.63. The van der Waals surface area contributed by atoms with Gasteiger partial charge in [-0.25, -0.2) is 0 Å². The lowest BCUT2D eigenvalue weighted by Gasteiger charge is -2.57. The summed E-state index contributed by atoms with van der Waals surface area (Å²) in [4.78, 5) is 14.1. The Morgan fingerprint density at radius 3 is 3.32 bits per heavy atom. The van der Waals surface area contributed by atoms with Gasteiger partial charge < -0.3 is 14.4 Å². The summed E-state index contributed by atoms with van der Waals surface area (Å²) >= 11 is 0.